The van der Waals surface area contributed by atoms with Gasteiger partial charge in [0, 0.05) is 5.56 Å². The number of ether oxygens (including phenoxy) is 1. The maximum Gasteiger partial charge on any atom is 0.196 e. The second-order valence-corrected chi connectivity index (χ2v) is 5.80. The standard InChI is InChI=1S/C22H17NO3/c1-25-17-13-11-15(12-14-17)20(23-16-7-3-2-4-8-16)22-21(24)18-9-5-6-10-19(18)26-22/h2-14,24H,1H3. The third kappa shape index (κ3) is 2.93. The first-order valence-corrected chi connectivity index (χ1v) is 8.25. The molecule has 0 aliphatic carbocycles. The maximum atomic E-state index is 10.7. The van der Waals surface area contributed by atoms with Gasteiger partial charge in [0.15, 0.2) is 11.5 Å². The molecule has 4 rings (SSSR count). The van der Waals surface area contributed by atoms with E-state index in [0.717, 1.165) is 17.0 Å². The van der Waals surface area contributed by atoms with Crippen molar-refractivity contribution in [3.8, 4) is 11.5 Å². The van der Waals surface area contributed by atoms with E-state index >= 15 is 0 Å². The normalized spacial score (nSPS) is 11.7. The van der Waals surface area contributed by atoms with E-state index in [0.29, 0.717) is 22.4 Å². The molecule has 0 aliphatic heterocycles. The summed E-state index contributed by atoms with van der Waals surface area (Å²) >= 11 is 0. The smallest absolute Gasteiger partial charge is 0.196 e. The average Bonchev–Trinajstić information content (AvgIpc) is 3.04. The van der Waals surface area contributed by atoms with Crippen LogP contribution in [0.2, 0.25) is 0 Å². The Balaban J connectivity index is 1.92. The maximum absolute atomic E-state index is 10.7. The lowest BCUT2D eigenvalue weighted by Gasteiger charge is -2.07. The molecule has 0 fully saturated rings. The molecule has 128 valence electrons. The fraction of sp³-hybridized carbons (Fsp3) is 0.0455. The van der Waals surface area contributed by atoms with Gasteiger partial charge in [-0.2, -0.15) is 0 Å². The van der Waals surface area contributed by atoms with Crippen LogP contribution in [0.5, 0.6) is 11.5 Å². The lowest BCUT2D eigenvalue weighted by molar-refractivity contribution is 0.415. The van der Waals surface area contributed by atoms with Gasteiger partial charge in [-0.3, -0.25) is 0 Å². The number of fused-ring (bicyclic) bond motifs is 1. The van der Waals surface area contributed by atoms with E-state index in [1.165, 1.54) is 0 Å². The van der Waals surface area contributed by atoms with Crippen molar-refractivity contribution in [3.05, 3.63) is 90.2 Å². The predicted molar refractivity (Wildman–Crippen MR) is 103 cm³/mol. The summed E-state index contributed by atoms with van der Waals surface area (Å²) in [5.74, 6) is 1.19. The molecule has 0 aliphatic rings. The lowest BCUT2D eigenvalue weighted by Crippen LogP contribution is -2.02. The van der Waals surface area contributed by atoms with E-state index < -0.39 is 0 Å². The van der Waals surface area contributed by atoms with Gasteiger partial charge in [0.05, 0.1) is 18.2 Å². The molecular weight excluding hydrogens is 326 g/mol. The van der Waals surface area contributed by atoms with Gasteiger partial charge in [0.1, 0.15) is 17.0 Å². The van der Waals surface area contributed by atoms with E-state index in [1.807, 2.05) is 78.9 Å². The summed E-state index contributed by atoms with van der Waals surface area (Å²) in [5.41, 5.74) is 2.78. The molecule has 0 saturated carbocycles. The number of rotatable bonds is 4. The van der Waals surface area contributed by atoms with Gasteiger partial charge in [-0.25, -0.2) is 4.99 Å². The van der Waals surface area contributed by atoms with Gasteiger partial charge in [-0.1, -0.05) is 30.3 Å². The van der Waals surface area contributed by atoms with Crippen molar-refractivity contribution in [2.45, 2.75) is 0 Å². The molecule has 4 heteroatoms. The van der Waals surface area contributed by atoms with Crippen LogP contribution in [0.15, 0.2) is 88.3 Å². The van der Waals surface area contributed by atoms with Gasteiger partial charge in [-0.05, 0) is 48.5 Å². The monoisotopic (exact) mass is 343 g/mol. The molecule has 26 heavy (non-hydrogen) atoms. The Hall–Kier alpha value is -3.53. The Morgan fingerprint density at radius 3 is 2.27 bits per heavy atom. The molecule has 0 bridgehead atoms. The minimum atomic E-state index is 0.0890. The number of para-hydroxylation sites is 2. The van der Waals surface area contributed by atoms with Crippen molar-refractivity contribution in [1.29, 1.82) is 0 Å². The quantitative estimate of drug-likeness (QED) is 0.511. The van der Waals surface area contributed by atoms with Crippen LogP contribution in [0, 0.1) is 0 Å². The zero-order valence-corrected chi connectivity index (χ0v) is 14.2. The summed E-state index contributed by atoms with van der Waals surface area (Å²) in [6.45, 7) is 0. The third-order valence-corrected chi connectivity index (χ3v) is 4.14. The number of hydrogen-bond acceptors (Lipinski definition) is 4. The van der Waals surface area contributed by atoms with Crippen LogP contribution < -0.4 is 4.74 Å². The molecule has 0 amide bonds. The fourth-order valence-electron chi connectivity index (χ4n) is 2.82. The van der Waals surface area contributed by atoms with Crippen molar-refractivity contribution in [2.75, 3.05) is 7.11 Å². The SMILES string of the molecule is COc1ccc(C(=Nc2ccccc2)c2oc3ccccc3c2O)cc1. The van der Waals surface area contributed by atoms with Crippen LogP contribution in [-0.4, -0.2) is 17.9 Å². The summed E-state index contributed by atoms with van der Waals surface area (Å²) in [5, 5.41) is 11.4. The van der Waals surface area contributed by atoms with E-state index in [9.17, 15) is 5.11 Å². The van der Waals surface area contributed by atoms with Crippen molar-refractivity contribution in [1.82, 2.24) is 0 Å². The van der Waals surface area contributed by atoms with Crippen LogP contribution in [0.25, 0.3) is 11.0 Å². The summed E-state index contributed by atoms with van der Waals surface area (Å²) < 4.78 is 11.2. The largest absolute Gasteiger partial charge is 0.504 e. The van der Waals surface area contributed by atoms with Crippen molar-refractivity contribution < 1.29 is 14.3 Å². The minimum Gasteiger partial charge on any atom is -0.504 e. The Labute approximate surface area is 151 Å². The molecule has 4 aromatic rings. The van der Waals surface area contributed by atoms with Crippen molar-refractivity contribution in [3.63, 3.8) is 0 Å². The van der Waals surface area contributed by atoms with Gasteiger partial charge in [0.2, 0.25) is 0 Å². The van der Waals surface area contributed by atoms with E-state index in [2.05, 4.69) is 0 Å². The molecule has 4 nitrogen and oxygen atoms in total. The zero-order chi connectivity index (χ0) is 17.9. The van der Waals surface area contributed by atoms with Crippen molar-refractivity contribution in [2.24, 2.45) is 4.99 Å². The Morgan fingerprint density at radius 2 is 1.58 bits per heavy atom. The van der Waals surface area contributed by atoms with Crippen LogP contribution in [0.4, 0.5) is 5.69 Å². The van der Waals surface area contributed by atoms with Gasteiger partial charge < -0.3 is 14.3 Å². The molecule has 0 atom stereocenters. The topological polar surface area (TPSA) is 55.0 Å². The predicted octanol–water partition coefficient (Wildman–Crippen LogP) is 5.32. The Bertz CT molecular complexity index is 1060. The summed E-state index contributed by atoms with van der Waals surface area (Å²) in [6.07, 6.45) is 0. The Morgan fingerprint density at radius 1 is 0.885 bits per heavy atom. The number of aromatic hydroxyl groups is 1. The van der Waals surface area contributed by atoms with Gasteiger partial charge in [-0.15, -0.1) is 0 Å². The number of hydrogen-bond donors (Lipinski definition) is 1. The number of methoxy groups -OCH3 is 1. The van der Waals surface area contributed by atoms with Crippen LogP contribution >= 0.6 is 0 Å². The van der Waals surface area contributed by atoms with Crippen LogP contribution in [0.3, 0.4) is 0 Å². The molecule has 0 unspecified atom stereocenters. The number of nitrogens with zero attached hydrogens (tertiary/aromatic N) is 1. The summed E-state index contributed by atoms with van der Waals surface area (Å²) in [7, 11) is 1.62. The Kier molecular flexibility index (Phi) is 4.15. The fourth-order valence-corrected chi connectivity index (χ4v) is 2.82. The summed E-state index contributed by atoms with van der Waals surface area (Å²) in [4.78, 5) is 4.73. The first-order valence-electron chi connectivity index (χ1n) is 8.25. The van der Waals surface area contributed by atoms with Crippen LogP contribution in [-0.2, 0) is 0 Å². The highest BCUT2D eigenvalue weighted by Gasteiger charge is 2.20. The number of aliphatic imine (C=N–C) groups is 1. The molecule has 0 saturated heterocycles. The van der Waals surface area contributed by atoms with E-state index in [1.54, 1.807) is 7.11 Å². The molecule has 0 radical (unpaired) electrons. The minimum absolute atomic E-state index is 0.0890. The molecule has 3 aromatic carbocycles. The highest BCUT2D eigenvalue weighted by molar-refractivity contribution is 6.16. The molecule has 1 aromatic heterocycles. The number of benzene rings is 3. The lowest BCUT2D eigenvalue weighted by atomic mass is 10.1. The second kappa shape index (κ2) is 6.76. The third-order valence-electron chi connectivity index (χ3n) is 4.14. The molecule has 1 N–H and O–H groups in total. The first kappa shape index (κ1) is 16.0. The van der Waals surface area contributed by atoms with E-state index in [4.69, 9.17) is 14.1 Å². The molecule has 0 spiro atoms. The summed E-state index contributed by atoms with van der Waals surface area (Å²) in [6, 6.07) is 24.5. The van der Waals surface area contributed by atoms with Crippen molar-refractivity contribution >= 4 is 22.4 Å². The average molecular weight is 343 g/mol. The highest BCUT2D eigenvalue weighted by Crippen LogP contribution is 2.34. The second-order valence-electron chi connectivity index (χ2n) is 5.80. The molecular formula is C22H17NO3. The highest BCUT2D eigenvalue weighted by atomic mass is 16.5. The molecule has 1 heterocycles. The number of furan rings is 1. The van der Waals surface area contributed by atoms with Crippen LogP contribution in [0.1, 0.15) is 11.3 Å². The first-order chi connectivity index (χ1) is 12.8. The van der Waals surface area contributed by atoms with Gasteiger partial charge in [0.25, 0.3) is 0 Å². The van der Waals surface area contributed by atoms with Gasteiger partial charge >= 0.3 is 0 Å². The van der Waals surface area contributed by atoms with E-state index in [-0.39, 0.29) is 5.75 Å². The zero-order valence-electron chi connectivity index (χ0n) is 14.2.